The van der Waals surface area contributed by atoms with E-state index in [1.165, 1.54) is 0 Å². The summed E-state index contributed by atoms with van der Waals surface area (Å²) in [5, 5.41) is 0. The first-order chi connectivity index (χ1) is 6.58. The summed E-state index contributed by atoms with van der Waals surface area (Å²) in [4.78, 5) is 13.6. The number of rotatable bonds is 6. The van der Waals surface area contributed by atoms with Crippen molar-refractivity contribution in [2.24, 2.45) is 5.84 Å². The number of carbonyl (C=O) groups is 1. The second-order valence-corrected chi connectivity index (χ2v) is 3.74. The summed E-state index contributed by atoms with van der Waals surface area (Å²) in [6.07, 6.45) is 2.87. The number of nitrogens with zero attached hydrogens (tertiary/aromatic N) is 1. The van der Waals surface area contributed by atoms with Crippen LogP contribution in [0.15, 0.2) is 0 Å². The molecule has 0 aromatic heterocycles. The summed E-state index contributed by atoms with van der Waals surface area (Å²) >= 11 is 0. The van der Waals surface area contributed by atoms with Crippen LogP contribution < -0.4 is 11.3 Å². The average Bonchev–Trinajstić information content (AvgIpc) is 2.22. The number of amides is 1. The fourth-order valence-electron chi connectivity index (χ4n) is 1.48. The molecule has 0 aliphatic heterocycles. The maximum absolute atomic E-state index is 11.5. The van der Waals surface area contributed by atoms with Gasteiger partial charge in [-0.2, -0.15) is 0 Å². The highest BCUT2D eigenvalue weighted by Gasteiger charge is 2.24. The van der Waals surface area contributed by atoms with E-state index in [1.807, 2.05) is 7.05 Å². The van der Waals surface area contributed by atoms with Gasteiger partial charge >= 0.3 is 0 Å². The molecular weight excluding hydrogens is 178 g/mol. The predicted molar refractivity (Wildman–Crippen MR) is 58.5 cm³/mol. The van der Waals surface area contributed by atoms with Gasteiger partial charge in [-0.25, -0.2) is 5.84 Å². The number of hydrogen-bond donors (Lipinski definition) is 2. The third kappa shape index (κ3) is 3.64. The summed E-state index contributed by atoms with van der Waals surface area (Å²) in [5.41, 5.74) is 2.23. The molecule has 0 saturated heterocycles. The van der Waals surface area contributed by atoms with Gasteiger partial charge in [0.2, 0.25) is 0 Å². The topological polar surface area (TPSA) is 58.4 Å². The van der Waals surface area contributed by atoms with Crippen LogP contribution in [-0.4, -0.2) is 29.9 Å². The number of hydrazine groups is 1. The van der Waals surface area contributed by atoms with Gasteiger partial charge in [0.25, 0.3) is 5.91 Å². The Balaban J connectivity index is 4.39. The molecule has 4 heteroatoms. The lowest BCUT2D eigenvalue weighted by atomic mass is 10.1. The third-order valence-corrected chi connectivity index (χ3v) is 2.78. The van der Waals surface area contributed by atoms with Gasteiger partial charge in [-0.1, -0.05) is 20.3 Å². The van der Waals surface area contributed by atoms with Crippen molar-refractivity contribution in [2.45, 2.75) is 52.1 Å². The molecule has 0 aromatic carbocycles. The molecule has 0 fully saturated rings. The van der Waals surface area contributed by atoms with Crippen molar-refractivity contribution < 1.29 is 4.79 Å². The largest absolute Gasteiger partial charge is 0.293 e. The van der Waals surface area contributed by atoms with Crippen LogP contribution in [0.3, 0.4) is 0 Å². The van der Waals surface area contributed by atoms with E-state index < -0.39 is 0 Å². The van der Waals surface area contributed by atoms with Crippen LogP contribution >= 0.6 is 0 Å². The third-order valence-electron chi connectivity index (χ3n) is 2.78. The van der Waals surface area contributed by atoms with Crippen LogP contribution in [-0.2, 0) is 4.79 Å². The Morgan fingerprint density at radius 2 is 2.07 bits per heavy atom. The van der Waals surface area contributed by atoms with Gasteiger partial charge in [0.15, 0.2) is 0 Å². The second-order valence-electron chi connectivity index (χ2n) is 3.74. The normalized spacial score (nSPS) is 15.3. The molecule has 0 aliphatic rings. The molecule has 0 radical (unpaired) electrons. The van der Waals surface area contributed by atoms with Crippen molar-refractivity contribution in [1.29, 1.82) is 0 Å². The molecule has 14 heavy (non-hydrogen) atoms. The van der Waals surface area contributed by atoms with Crippen LogP contribution in [0.25, 0.3) is 0 Å². The van der Waals surface area contributed by atoms with E-state index >= 15 is 0 Å². The lowest BCUT2D eigenvalue weighted by Crippen LogP contribution is -2.50. The molecule has 2 unspecified atom stereocenters. The van der Waals surface area contributed by atoms with E-state index in [0.29, 0.717) is 6.04 Å². The van der Waals surface area contributed by atoms with Gasteiger partial charge in [0.05, 0.1) is 6.04 Å². The molecule has 0 bridgehead atoms. The molecule has 0 heterocycles. The van der Waals surface area contributed by atoms with E-state index in [2.05, 4.69) is 31.1 Å². The van der Waals surface area contributed by atoms with Gasteiger partial charge in [0, 0.05) is 6.04 Å². The first-order valence-electron chi connectivity index (χ1n) is 5.30. The van der Waals surface area contributed by atoms with Gasteiger partial charge in [-0.15, -0.1) is 0 Å². The maximum atomic E-state index is 11.5. The quantitative estimate of drug-likeness (QED) is 0.381. The zero-order valence-electron chi connectivity index (χ0n) is 9.71. The molecule has 0 aliphatic carbocycles. The molecule has 84 valence electrons. The number of likely N-dealkylation sites (N-methyl/N-ethyl adjacent to an activating group) is 1. The number of hydrogen-bond acceptors (Lipinski definition) is 3. The average molecular weight is 201 g/mol. The fourth-order valence-corrected chi connectivity index (χ4v) is 1.48. The monoisotopic (exact) mass is 201 g/mol. The van der Waals surface area contributed by atoms with Crippen molar-refractivity contribution in [1.82, 2.24) is 10.3 Å². The maximum Gasteiger partial charge on any atom is 0.251 e. The van der Waals surface area contributed by atoms with Crippen molar-refractivity contribution >= 4 is 5.91 Å². The molecule has 2 atom stereocenters. The van der Waals surface area contributed by atoms with Crippen LogP contribution in [0, 0.1) is 0 Å². The predicted octanol–water partition coefficient (Wildman–Crippen LogP) is 0.875. The lowest BCUT2D eigenvalue weighted by molar-refractivity contribution is -0.127. The Bertz CT molecular complexity index is 173. The van der Waals surface area contributed by atoms with Crippen molar-refractivity contribution in [2.75, 3.05) is 7.05 Å². The molecule has 0 spiro atoms. The summed E-state index contributed by atoms with van der Waals surface area (Å²) in [6.45, 7) is 6.30. The Kier molecular flexibility index (Phi) is 6.49. The molecular formula is C10H23N3O. The summed E-state index contributed by atoms with van der Waals surface area (Å²) in [6, 6.07) is 0.309. The summed E-state index contributed by atoms with van der Waals surface area (Å²) in [5.74, 6) is 5.07. The highest BCUT2D eigenvalue weighted by molar-refractivity contribution is 5.81. The van der Waals surface area contributed by atoms with Gasteiger partial charge in [0.1, 0.15) is 0 Å². The van der Waals surface area contributed by atoms with Crippen LogP contribution in [0.5, 0.6) is 0 Å². The fraction of sp³-hybridized carbons (Fsp3) is 0.900. The molecule has 0 rings (SSSR count). The lowest BCUT2D eigenvalue weighted by Gasteiger charge is -2.31. The first-order valence-corrected chi connectivity index (χ1v) is 5.30. The van der Waals surface area contributed by atoms with E-state index in [-0.39, 0.29) is 11.9 Å². The van der Waals surface area contributed by atoms with E-state index in [4.69, 9.17) is 5.84 Å². The number of nitrogens with one attached hydrogen (secondary N) is 1. The Labute approximate surface area is 86.8 Å². The smallest absolute Gasteiger partial charge is 0.251 e. The second kappa shape index (κ2) is 6.79. The first kappa shape index (κ1) is 13.4. The molecule has 1 amide bonds. The minimum atomic E-state index is -0.0973. The van der Waals surface area contributed by atoms with Gasteiger partial charge < -0.3 is 0 Å². The molecule has 0 saturated carbocycles. The van der Waals surface area contributed by atoms with Crippen molar-refractivity contribution in [3.8, 4) is 0 Å². The minimum absolute atomic E-state index is 0.0883. The molecule has 0 aromatic rings. The van der Waals surface area contributed by atoms with Crippen LogP contribution in [0.4, 0.5) is 0 Å². The summed E-state index contributed by atoms with van der Waals surface area (Å²) in [7, 11) is 1.98. The van der Waals surface area contributed by atoms with Crippen molar-refractivity contribution in [3.63, 3.8) is 0 Å². The number of nitrogens with two attached hydrogens (primary N) is 1. The Morgan fingerprint density at radius 3 is 2.43 bits per heavy atom. The Morgan fingerprint density at radius 1 is 1.50 bits per heavy atom. The van der Waals surface area contributed by atoms with E-state index in [0.717, 1.165) is 19.3 Å². The molecule has 4 nitrogen and oxygen atoms in total. The summed E-state index contributed by atoms with van der Waals surface area (Å²) < 4.78 is 0. The SMILES string of the molecule is CCCC(C(=O)NN)N(C)C(C)CC. The minimum Gasteiger partial charge on any atom is -0.293 e. The molecule has 3 N–H and O–H groups in total. The van der Waals surface area contributed by atoms with Crippen LogP contribution in [0.2, 0.25) is 0 Å². The highest BCUT2D eigenvalue weighted by Crippen LogP contribution is 2.10. The van der Waals surface area contributed by atoms with E-state index in [9.17, 15) is 4.79 Å². The van der Waals surface area contributed by atoms with Gasteiger partial charge in [-0.05, 0) is 26.8 Å². The zero-order chi connectivity index (χ0) is 11.1. The van der Waals surface area contributed by atoms with Crippen molar-refractivity contribution in [3.05, 3.63) is 0 Å². The number of carbonyl (C=O) groups excluding carboxylic acids is 1. The standard InChI is InChI=1S/C10H23N3O/c1-5-7-9(10(14)12-11)13(4)8(3)6-2/h8-9H,5-7,11H2,1-4H3,(H,12,14). The van der Waals surface area contributed by atoms with E-state index in [1.54, 1.807) is 0 Å². The van der Waals surface area contributed by atoms with Crippen LogP contribution in [0.1, 0.15) is 40.0 Å². The highest BCUT2D eigenvalue weighted by atomic mass is 16.2. The Hall–Kier alpha value is -0.610. The zero-order valence-corrected chi connectivity index (χ0v) is 9.71. The van der Waals surface area contributed by atoms with Gasteiger partial charge in [-0.3, -0.25) is 15.1 Å².